The van der Waals surface area contributed by atoms with Crippen LogP contribution in [0.15, 0.2) is 36.7 Å². The van der Waals surface area contributed by atoms with E-state index in [1.807, 2.05) is 19.9 Å². The van der Waals surface area contributed by atoms with Crippen LogP contribution in [0.3, 0.4) is 0 Å². The first kappa shape index (κ1) is 20.2. The highest BCUT2D eigenvalue weighted by Crippen LogP contribution is 2.21. The molecule has 2 aromatic heterocycles. The Morgan fingerprint density at radius 3 is 2.64 bits per heavy atom. The predicted octanol–water partition coefficient (Wildman–Crippen LogP) is 4.02. The normalized spacial score (nSPS) is 10.9. The molecule has 3 aromatic rings. The standard InChI is InChI=1S/C19H21Cl2N5O2/c1-4-25-10-16(21)18(23-25)11-24(3)19(27)17-7-8-26(22-17)12-28-14-5-6-15(20)13(2)9-14/h5-10H,4,11-12H2,1-3H3. The number of ether oxygens (including phenoxy) is 1. The molecule has 0 unspecified atom stereocenters. The molecule has 9 heteroatoms. The number of rotatable bonds is 7. The molecule has 0 fully saturated rings. The lowest BCUT2D eigenvalue weighted by Crippen LogP contribution is -2.27. The molecule has 2 heterocycles. The molecule has 1 aromatic carbocycles. The van der Waals surface area contributed by atoms with Gasteiger partial charge in [0.05, 0.1) is 11.6 Å². The van der Waals surface area contributed by atoms with Gasteiger partial charge >= 0.3 is 0 Å². The zero-order chi connectivity index (χ0) is 20.3. The number of hydrogen-bond donors (Lipinski definition) is 0. The lowest BCUT2D eigenvalue weighted by molar-refractivity contribution is 0.0775. The van der Waals surface area contributed by atoms with Crippen molar-refractivity contribution in [2.24, 2.45) is 0 Å². The third kappa shape index (κ3) is 4.66. The van der Waals surface area contributed by atoms with E-state index in [9.17, 15) is 4.79 Å². The van der Waals surface area contributed by atoms with Crippen LogP contribution in [-0.4, -0.2) is 37.4 Å². The molecule has 148 valence electrons. The monoisotopic (exact) mass is 421 g/mol. The molecule has 0 aliphatic carbocycles. The van der Waals surface area contributed by atoms with Crippen LogP contribution in [0.25, 0.3) is 0 Å². The molecule has 0 N–H and O–H groups in total. The Morgan fingerprint density at radius 1 is 1.18 bits per heavy atom. The van der Waals surface area contributed by atoms with Gasteiger partial charge in [0.2, 0.25) is 0 Å². The molecular weight excluding hydrogens is 401 g/mol. The average Bonchev–Trinajstić information content (AvgIpc) is 3.29. The number of aryl methyl sites for hydroxylation is 2. The fourth-order valence-electron chi connectivity index (χ4n) is 2.59. The summed E-state index contributed by atoms with van der Waals surface area (Å²) in [5, 5.41) is 9.88. The number of aromatic nitrogens is 4. The van der Waals surface area contributed by atoms with Crippen LogP contribution in [0, 0.1) is 6.92 Å². The molecule has 28 heavy (non-hydrogen) atoms. The first-order chi connectivity index (χ1) is 13.4. The lowest BCUT2D eigenvalue weighted by Gasteiger charge is -2.14. The molecule has 0 bridgehead atoms. The maximum absolute atomic E-state index is 12.6. The van der Waals surface area contributed by atoms with Gasteiger partial charge in [0.25, 0.3) is 5.91 Å². The molecule has 0 aliphatic rings. The second kappa shape index (κ2) is 8.67. The van der Waals surface area contributed by atoms with Crippen LogP contribution in [0.2, 0.25) is 10.0 Å². The first-order valence-electron chi connectivity index (χ1n) is 8.77. The van der Waals surface area contributed by atoms with E-state index in [0.29, 0.717) is 33.7 Å². The molecular formula is C19H21Cl2N5O2. The molecule has 3 rings (SSSR count). The minimum atomic E-state index is -0.219. The van der Waals surface area contributed by atoms with Crippen molar-refractivity contribution in [3.63, 3.8) is 0 Å². The molecule has 0 aliphatic heterocycles. The molecule has 0 saturated heterocycles. The highest BCUT2D eigenvalue weighted by Gasteiger charge is 2.18. The molecule has 1 amide bonds. The summed E-state index contributed by atoms with van der Waals surface area (Å²) in [5.41, 5.74) is 1.91. The molecule has 0 radical (unpaired) electrons. The van der Waals surface area contributed by atoms with Crippen molar-refractivity contribution >= 4 is 29.1 Å². The summed E-state index contributed by atoms with van der Waals surface area (Å²) in [6, 6.07) is 7.08. The third-order valence-electron chi connectivity index (χ3n) is 4.20. The minimum Gasteiger partial charge on any atom is -0.471 e. The Labute approximate surface area is 173 Å². The van der Waals surface area contributed by atoms with Gasteiger partial charge in [-0.2, -0.15) is 10.2 Å². The summed E-state index contributed by atoms with van der Waals surface area (Å²) in [6.45, 7) is 5.09. The van der Waals surface area contributed by atoms with Gasteiger partial charge in [0.15, 0.2) is 12.4 Å². The van der Waals surface area contributed by atoms with Crippen LogP contribution in [0.5, 0.6) is 5.75 Å². The number of halogens is 2. The number of carbonyl (C=O) groups is 1. The van der Waals surface area contributed by atoms with Gasteiger partial charge in [0.1, 0.15) is 11.4 Å². The van der Waals surface area contributed by atoms with Gasteiger partial charge in [-0.1, -0.05) is 23.2 Å². The highest BCUT2D eigenvalue weighted by atomic mass is 35.5. The minimum absolute atomic E-state index is 0.185. The van der Waals surface area contributed by atoms with E-state index in [2.05, 4.69) is 10.2 Å². The van der Waals surface area contributed by atoms with Gasteiger partial charge in [-0.05, 0) is 43.7 Å². The van der Waals surface area contributed by atoms with Crippen molar-refractivity contribution in [3.05, 3.63) is 63.7 Å². The smallest absolute Gasteiger partial charge is 0.274 e. The Kier molecular flexibility index (Phi) is 6.26. The Hall–Kier alpha value is -2.51. The third-order valence-corrected chi connectivity index (χ3v) is 4.94. The quantitative estimate of drug-likeness (QED) is 0.577. The van der Waals surface area contributed by atoms with E-state index in [4.69, 9.17) is 27.9 Å². The van der Waals surface area contributed by atoms with Crippen molar-refractivity contribution in [3.8, 4) is 5.75 Å². The molecule has 0 saturated carbocycles. The van der Waals surface area contributed by atoms with Gasteiger partial charge in [-0.15, -0.1) is 0 Å². The second-order valence-corrected chi connectivity index (χ2v) is 7.18. The van der Waals surface area contributed by atoms with Crippen LogP contribution in [0.4, 0.5) is 0 Å². The fraction of sp³-hybridized carbons (Fsp3) is 0.316. The Morgan fingerprint density at radius 2 is 1.96 bits per heavy atom. The van der Waals surface area contributed by atoms with Crippen molar-refractivity contribution in [2.75, 3.05) is 7.05 Å². The van der Waals surface area contributed by atoms with Crippen molar-refractivity contribution < 1.29 is 9.53 Å². The summed E-state index contributed by atoms with van der Waals surface area (Å²) >= 11 is 12.2. The van der Waals surface area contributed by atoms with E-state index in [1.165, 1.54) is 4.90 Å². The van der Waals surface area contributed by atoms with Crippen molar-refractivity contribution in [2.45, 2.75) is 33.7 Å². The van der Waals surface area contributed by atoms with E-state index in [0.717, 1.165) is 12.1 Å². The Balaban J connectivity index is 1.61. The number of carbonyl (C=O) groups excluding carboxylic acids is 1. The van der Waals surface area contributed by atoms with Crippen LogP contribution >= 0.6 is 23.2 Å². The van der Waals surface area contributed by atoms with E-state index < -0.39 is 0 Å². The summed E-state index contributed by atoms with van der Waals surface area (Å²) in [7, 11) is 1.69. The van der Waals surface area contributed by atoms with Crippen molar-refractivity contribution in [1.29, 1.82) is 0 Å². The number of hydrogen-bond acceptors (Lipinski definition) is 4. The summed E-state index contributed by atoms with van der Waals surface area (Å²) < 4.78 is 8.99. The zero-order valence-electron chi connectivity index (χ0n) is 15.9. The topological polar surface area (TPSA) is 65.2 Å². The maximum Gasteiger partial charge on any atom is 0.274 e. The zero-order valence-corrected chi connectivity index (χ0v) is 17.4. The van der Waals surface area contributed by atoms with Crippen LogP contribution < -0.4 is 4.74 Å². The molecule has 0 spiro atoms. The average molecular weight is 422 g/mol. The second-order valence-electron chi connectivity index (χ2n) is 6.37. The molecule has 0 atom stereocenters. The van der Waals surface area contributed by atoms with E-state index >= 15 is 0 Å². The number of nitrogens with zero attached hydrogens (tertiary/aromatic N) is 5. The van der Waals surface area contributed by atoms with Crippen LogP contribution in [0.1, 0.15) is 28.7 Å². The van der Waals surface area contributed by atoms with Gasteiger partial charge in [-0.25, -0.2) is 4.68 Å². The molecule has 7 nitrogen and oxygen atoms in total. The van der Waals surface area contributed by atoms with E-state index in [1.54, 1.807) is 47.0 Å². The predicted molar refractivity (Wildman–Crippen MR) is 108 cm³/mol. The largest absolute Gasteiger partial charge is 0.471 e. The number of benzene rings is 1. The summed E-state index contributed by atoms with van der Waals surface area (Å²) in [4.78, 5) is 14.2. The lowest BCUT2D eigenvalue weighted by atomic mass is 10.2. The summed E-state index contributed by atoms with van der Waals surface area (Å²) in [5.74, 6) is 0.465. The summed E-state index contributed by atoms with van der Waals surface area (Å²) in [6.07, 6.45) is 3.45. The Bertz CT molecular complexity index is 983. The van der Waals surface area contributed by atoms with E-state index in [-0.39, 0.29) is 12.6 Å². The van der Waals surface area contributed by atoms with Crippen LogP contribution in [-0.2, 0) is 19.8 Å². The number of amides is 1. The maximum atomic E-state index is 12.6. The highest BCUT2D eigenvalue weighted by molar-refractivity contribution is 6.31. The van der Waals surface area contributed by atoms with Gasteiger partial charge in [-0.3, -0.25) is 9.48 Å². The SMILES string of the molecule is CCn1cc(Cl)c(CN(C)C(=O)c2ccn(COc3ccc(Cl)c(C)c3)n2)n1. The fourth-order valence-corrected chi connectivity index (χ4v) is 2.92. The first-order valence-corrected chi connectivity index (χ1v) is 9.52. The van der Waals surface area contributed by atoms with Gasteiger partial charge in [0, 0.05) is 31.0 Å². The van der Waals surface area contributed by atoms with Gasteiger partial charge < -0.3 is 9.64 Å². The van der Waals surface area contributed by atoms with Crippen molar-refractivity contribution in [1.82, 2.24) is 24.5 Å².